The van der Waals surface area contributed by atoms with E-state index in [1.54, 1.807) is 36.6 Å². The molecule has 0 spiro atoms. The highest BCUT2D eigenvalue weighted by atomic mass is 19.1. The Balaban J connectivity index is 2.20. The van der Waals surface area contributed by atoms with E-state index in [0.717, 1.165) is 5.56 Å². The third-order valence-corrected chi connectivity index (χ3v) is 2.77. The van der Waals surface area contributed by atoms with Crippen molar-refractivity contribution in [1.29, 1.82) is 0 Å². The Morgan fingerprint density at radius 3 is 2.72 bits per heavy atom. The van der Waals surface area contributed by atoms with E-state index in [2.05, 4.69) is 0 Å². The molecule has 0 aliphatic heterocycles. The van der Waals surface area contributed by atoms with E-state index in [4.69, 9.17) is 4.42 Å². The summed E-state index contributed by atoms with van der Waals surface area (Å²) in [6.45, 7) is 1.97. The molecule has 1 aromatic heterocycles. The van der Waals surface area contributed by atoms with Gasteiger partial charge < -0.3 is 9.32 Å². The van der Waals surface area contributed by atoms with Crippen LogP contribution in [0.15, 0.2) is 41.2 Å². The zero-order chi connectivity index (χ0) is 13.1. The van der Waals surface area contributed by atoms with Crippen LogP contribution >= 0.6 is 0 Å². The number of hydrogen-bond donors (Lipinski definition) is 0. The number of Topliss-reactive ketones (excluding diaryl/α,β-unsaturated/α-hetero) is 1. The fourth-order valence-electron chi connectivity index (χ4n) is 1.78. The van der Waals surface area contributed by atoms with Gasteiger partial charge in [0, 0.05) is 24.7 Å². The van der Waals surface area contributed by atoms with Gasteiger partial charge in [-0.2, -0.15) is 0 Å². The molecule has 0 aliphatic rings. The molecule has 94 valence electrons. The summed E-state index contributed by atoms with van der Waals surface area (Å²) in [5.41, 5.74) is 1.81. The number of carbonyl (C=O) groups excluding carboxylic acids is 1. The van der Waals surface area contributed by atoms with E-state index in [1.807, 2.05) is 6.07 Å². The first-order chi connectivity index (χ1) is 8.58. The Morgan fingerprint density at radius 1 is 1.39 bits per heavy atom. The van der Waals surface area contributed by atoms with Crippen LogP contribution in [0.5, 0.6) is 0 Å². The van der Waals surface area contributed by atoms with Crippen LogP contribution in [-0.2, 0) is 6.54 Å². The van der Waals surface area contributed by atoms with Gasteiger partial charge in [0.05, 0.1) is 18.2 Å². The van der Waals surface area contributed by atoms with Crippen LogP contribution in [-0.4, -0.2) is 12.8 Å². The van der Waals surface area contributed by atoms with Crippen molar-refractivity contribution < 1.29 is 13.6 Å². The second-order valence-corrected chi connectivity index (χ2v) is 4.21. The highest BCUT2D eigenvalue weighted by Crippen LogP contribution is 2.21. The van der Waals surface area contributed by atoms with Crippen LogP contribution in [0.2, 0.25) is 0 Å². The van der Waals surface area contributed by atoms with Crippen LogP contribution in [0.1, 0.15) is 22.8 Å². The van der Waals surface area contributed by atoms with Crippen molar-refractivity contribution >= 4 is 11.5 Å². The maximum Gasteiger partial charge on any atom is 0.159 e. The Kier molecular flexibility index (Phi) is 3.46. The maximum atomic E-state index is 13.9. The van der Waals surface area contributed by atoms with Gasteiger partial charge in [-0.05, 0) is 31.2 Å². The molecule has 0 N–H and O–H groups in total. The van der Waals surface area contributed by atoms with Crippen molar-refractivity contribution in [2.45, 2.75) is 13.5 Å². The monoisotopic (exact) mass is 247 g/mol. The van der Waals surface area contributed by atoms with Gasteiger partial charge >= 0.3 is 0 Å². The normalized spacial score (nSPS) is 10.4. The summed E-state index contributed by atoms with van der Waals surface area (Å²) < 4.78 is 18.8. The number of benzene rings is 1. The Labute approximate surface area is 105 Å². The minimum atomic E-state index is -0.395. The predicted molar refractivity (Wildman–Crippen MR) is 67.2 cm³/mol. The van der Waals surface area contributed by atoms with Gasteiger partial charge in [-0.15, -0.1) is 0 Å². The average molecular weight is 247 g/mol. The van der Waals surface area contributed by atoms with Gasteiger partial charge in [-0.1, -0.05) is 0 Å². The minimum Gasteiger partial charge on any atom is -0.472 e. The Hall–Kier alpha value is -2.10. The number of nitrogens with zero attached hydrogens (tertiary/aromatic N) is 1. The standard InChI is InChI=1S/C14H14FNO2/c1-10(17)12-3-4-14(13(15)7-12)16(2)8-11-5-6-18-9-11/h3-7,9H,8H2,1-2H3. The van der Waals surface area contributed by atoms with Crippen LogP contribution in [0.3, 0.4) is 0 Å². The second kappa shape index (κ2) is 5.04. The van der Waals surface area contributed by atoms with Gasteiger partial charge in [0.25, 0.3) is 0 Å². The molecule has 0 bridgehead atoms. The lowest BCUT2D eigenvalue weighted by Gasteiger charge is -2.19. The molecule has 0 atom stereocenters. The van der Waals surface area contributed by atoms with E-state index in [-0.39, 0.29) is 5.78 Å². The number of anilines is 1. The quantitative estimate of drug-likeness (QED) is 0.777. The van der Waals surface area contributed by atoms with E-state index >= 15 is 0 Å². The predicted octanol–water partition coefficient (Wildman–Crippen LogP) is 3.26. The van der Waals surface area contributed by atoms with Crippen LogP contribution in [0.25, 0.3) is 0 Å². The van der Waals surface area contributed by atoms with E-state index in [0.29, 0.717) is 17.8 Å². The number of halogens is 1. The highest BCUT2D eigenvalue weighted by molar-refractivity contribution is 5.94. The largest absolute Gasteiger partial charge is 0.472 e. The molecule has 1 heterocycles. The third-order valence-electron chi connectivity index (χ3n) is 2.77. The topological polar surface area (TPSA) is 33.5 Å². The Bertz CT molecular complexity index is 549. The molecule has 2 aromatic rings. The summed E-state index contributed by atoms with van der Waals surface area (Å²) >= 11 is 0. The average Bonchev–Trinajstić information content (AvgIpc) is 2.81. The smallest absolute Gasteiger partial charge is 0.159 e. The zero-order valence-electron chi connectivity index (χ0n) is 10.3. The van der Waals surface area contributed by atoms with Crippen LogP contribution < -0.4 is 4.90 Å². The summed E-state index contributed by atoms with van der Waals surface area (Å²) in [5, 5.41) is 0. The number of rotatable bonds is 4. The molecule has 18 heavy (non-hydrogen) atoms. The summed E-state index contributed by atoms with van der Waals surface area (Å²) in [6.07, 6.45) is 3.21. The van der Waals surface area contributed by atoms with Gasteiger partial charge in [-0.3, -0.25) is 4.79 Å². The lowest BCUT2D eigenvalue weighted by Crippen LogP contribution is -2.17. The van der Waals surface area contributed by atoms with Gasteiger partial charge in [0.15, 0.2) is 5.78 Å². The summed E-state index contributed by atoms with van der Waals surface area (Å²) in [6, 6.07) is 6.35. The molecule has 0 aliphatic carbocycles. The SMILES string of the molecule is CC(=O)c1ccc(N(C)Cc2ccoc2)c(F)c1. The molecule has 2 rings (SSSR count). The van der Waals surface area contributed by atoms with Crippen molar-refractivity contribution in [3.05, 3.63) is 53.7 Å². The van der Waals surface area contributed by atoms with Crippen molar-refractivity contribution in [3.63, 3.8) is 0 Å². The molecular weight excluding hydrogens is 233 g/mol. The van der Waals surface area contributed by atoms with Crippen molar-refractivity contribution in [3.8, 4) is 0 Å². The van der Waals surface area contributed by atoms with Crippen LogP contribution in [0, 0.1) is 5.82 Å². The summed E-state index contributed by atoms with van der Waals surface area (Å²) in [5.74, 6) is -0.536. The molecule has 1 aromatic carbocycles. The van der Waals surface area contributed by atoms with Crippen molar-refractivity contribution in [2.75, 3.05) is 11.9 Å². The van der Waals surface area contributed by atoms with Gasteiger partial charge in [0.1, 0.15) is 5.82 Å². The summed E-state index contributed by atoms with van der Waals surface area (Å²) in [4.78, 5) is 12.9. The maximum absolute atomic E-state index is 13.9. The molecule has 0 saturated carbocycles. The van der Waals surface area contributed by atoms with Crippen molar-refractivity contribution in [2.24, 2.45) is 0 Å². The number of hydrogen-bond acceptors (Lipinski definition) is 3. The van der Waals surface area contributed by atoms with Gasteiger partial charge in [0.2, 0.25) is 0 Å². The number of ketones is 1. The second-order valence-electron chi connectivity index (χ2n) is 4.21. The lowest BCUT2D eigenvalue weighted by atomic mass is 10.1. The summed E-state index contributed by atoms with van der Waals surface area (Å²) in [7, 11) is 1.79. The number of carbonyl (C=O) groups is 1. The molecule has 0 fully saturated rings. The zero-order valence-corrected chi connectivity index (χ0v) is 10.3. The molecule has 0 radical (unpaired) electrons. The van der Waals surface area contributed by atoms with Crippen LogP contribution in [0.4, 0.5) is 10.1 Å². The van der Waals surface area contributed by atoms with Gasteiger partial charge in [-0.25, -0.2) is 4.39 Å². The first-order valence-electron chi connectivity index (χ1n) is 5.60. The molecule has 0 amide bonds. The molecule has 3 nitrogen and oxygen atoms in total. The lowest BCUT2D eigenvalue weighted by molar-refractivity contribution is 0.101. The fourth-order valence-corrected chi connectivity index (χ4v) is 1.78. The first-order valence-corrected chi connectivity index (χ1v) is 5.60. The first kappa shape index (κ1) is 12.4. The van der Waals surface area contributed by atoms with Crippen molar-refractivity contribution in [1.82, 2.24) is 0 Å². The molecular formula is C14H14FNO2. The Morgan fingerprint density at radius 2 is 2.17 bits per heavy atom. The van der Waals surface area contributed by atoms with E-state index < -0.39 is 5.82 Å². The molecule has 0 unspecified atom stereocenters. The third kappa shape index (κ3) is 2.59. The molecule has 0 saturated heterocycles. The fraction of sp³-hybridized carbons (Fsp3) is 0.214. The highest BCUT2D eigenvalue weighted by Gasteiger charge is 2.10. The van der Waals surface area contributed by atoms with E-state index in [1.165, 1.54) is 13.0 Å². The molecule has 4 heteroatoms. The van der Waals surface area contributed by atoms with E-state index in [9.17, 15) is 9.18 Å². The minimum absolute atomic E-state index is 0.141. The number of furan rings is 1.